The van der Waals surface area contributed by atoms with Gasteiger partial charge in [-0.1, -0.05) is 6.07 Å². The molecule has 0 aliphatic heterocycles. The van der Waals surface area contributed by atoms with E-state index < -0.39 is 0 Å². The topological polar surface area (TPSA) is 80.3 Å². The van der Waals surface area contributed by atoms with Gasteiger partial charge in [0.2, 0.25) is 5.91 Å². The minimum Gasteiger partial charge on any atom is -0.380 e. The molecule has 0 saturated heterocycles. The Kier molecular flexibility index (Phi) is 6.42. The molecule has 0 saturated carbocycles. The summed E-state index contributed by atoms with van der Waals surface area (Å²) in [4.78, 5) is 30.9. The number of fused-ring (bicyclic) bond motifs is 1. The van der Waals surface area contributed by atoms with Crippen molar-refractivity contribution >= 4 is 61.0 Å². The molecule has 10 heteroatoms. The molecule has 0 aliphatic rings. The maximum absolute atomic E-state index is 14.4. The standard InChI is InChI=1S/C21H18FN3O3S3/c1-11(26)23-8-12-6-7-16(30-12)15-10-29-21(24-15)25-20(27)19-13(9-28-2)18-14(22)4-3-5-17(18)31-19/h3-7,10H,8-9H2,1-2H3,(H,23,26)(H,24,25,27). The lowest BCUT2D eigenvalue weighted by molar-refractivity contribution is -0.119. The lowest BCUT2D eigenvalue weighted by Gasteiger charge is -2.04. The molecule has 0 fully saturated rings. The first-order chi connectivity index (χ1) is 15.0. The average Bonchev–Trinajstić information content (AvgIpc) is 3.45. The summed E-state index contributed by atoms with van der Waals surface area (Å²) in [6.07, 6.45) is 0. The third kappa shape index (κ3) is 4.67. The Bertz CT molecular complexity index is 1260. The number of anilines is 1. The van der Waals surface area contributed by atoms with Crippen LogP contribution in [0, 0.1) is 5.82 Å². The van der Waals surface area contributed by atoms with Gasteiger partial charge >= 0.3 is 0 Å². The summed E-state index contributed by atoms with van der Waals surface area (Å²) in [7, 11) is 1.51. The van der Waals surface area contributed by atoms with Crippen molar-refractivity contribution in [3.05, 3.63) is 56.8 Å². The van der Waals surface area contributed by atoms with Gasteiger partial charge in [0.05, 0.1) is 28.6 Å². The maximum Gasteiger partial charge on any atom is 0.267 e. The Balaban J connectivity index is 1.54. The summed E-state index contributed by atoms with van der Waals surface area (Å²) >= 11 is 4.08. The van der Waals surface area contributed by atoms with Crippen LogP contribution in [0.25, 0.3) is 20.7 Å². The summed E-state index contributed by atoms with van der Waals surface area (Å²) in [6.45, 7) is 2.09. The molecular formula is C21H18FN3O3S3. The number of thiazole rings is 1. The lowest BCUT2D eigenvalue weighted by Crippen LogP contribution is -2.17. The number of amides is 2. The number of ether oxygens (including phenoxy) is 1. The molecule has 3 heterocycles. The first-order valence-corrected chi connectivity index (χ1v) is 11.8. The molecule has 6 nitrogen and oxygen atoms in total. The smallest absolute Gasteiger partial charge is 0.267 e. The monoisotopic (exact) mass is 475 g/mol. The van der Waals surface area contributed by atoms with Crippen LogP contribution in [0.2, 0.25) is 0 Å². The number of methoxy groups -OCH3 is 1. The number of nitrogens with zero attached hydrogens (tertiary/aromatic N) is 1. The number of hydrogen-bond acceptors (Lipinski definition) is 7. The Morgan fingerprint density at radius 3 is 2.81 bits per heavy atom. The van der Waals surface area contributed by atoms with E-state index in [9.17, 15) is 14.0 Å². The van der Waals surface area contributed by atoms with E-state index in [-0.39, 0.29) is 24.2 Å². The highest BCUT2D eigenvalue weighted by Gasteiger charge is 2.21. The van der Waals surface area contributed by atoms with E-state index >= 15 is 0 Å². The molecule has 0 bridgehead atoms. The average molecular weight is 476 g/mol. The van der Waals surface area contributed by atoms with Crippen molar-refractivity contribution < 1.29 is 18.7 Å². The molecule has 0 aliphatic carbocycles. The highest BCUT2D eigenvalue weighted by molar-refractivity contribution is 7.21. The fourth-order valence-electron chi connectivity index (χ4n) is 3.05. The number of hydrogen-bond donors (Lipinski definition) is 2. The van der Waals surface area contributed by atoms with Crippen molar-refractivity contribution in [1.82, 2.24) is 10.3 Å². The van der Waals surface area contributed by atoms with Crippen molar-refractivity contribution in [2.45, 2.75) is 20.1 Å². The van der Waals surface area contributed by atoms with E-state index in [1.54, 1.807) is 12.1 Å². The second kappa shape index (κ2) is 9.23. The zero-order valence-corrected chi connectivity index (χ0v) is 19.1. The zero-order valence-electron chi connectivity index (χ0n) is 16.7. The zero-order chi connectivity index (χ0) is 22.0. The molecule has 160 valence electrons. The highest BCUT2D eigenvalue weighted by Crippen LogP contribution is 2.35. The second-order valence-electron chi connectivity index (χ2n) is 6.62. The molecule has 1 aromatic carbocycles. The second-order valence-corrected chi connectivity index (χ2v) is 9.70. The molecule has 0 spiro atoms. The molecule has 2 amide bonds. The van der Waals surface area contributed by atoms with Gasteiger partial charge in [-0.3, -0.25) is 14.9 Å². The van der Waals surface area contributed by atoms with Gasteiger partial charge < -0.3 is 10.1 Å². The van der Waals surface area contributed by atoms with Crippen molar-refractivity contribution in [3.8, 4) is 10.6 Å². The number of carbonyl (C=O) groups excluding carboxylic acids is 2. The number of carbonyl (C=O) groups is 2. The van der Waals surface area contributed by atoms with E-state index in [1.807, 2.05) is 17.5 Å². The minimum atomic E-state index is -0.371. The van der Waals surface area contributed by atoms with Crippen LogP contribution < -0.4 is 10.6 Å². The summed E-state index contributed by atoms with van der Waals surface area (Å²) in [5.74, 6) is -0.794. The maximum atomic E-state index is 14.4. The van der Waals surface area contributed by atoms with E-state index in [0.29, 0.717) is 32.2 Å². The van der Waals surface area contributed by atoms with E-state index in [4.69, 9.17) is 4.74 Å². The Hall–Kier alpha value is -2.66. The fourth-order valence-corrected chi connectivity index (χ4v) is 5.86. The minimum absolute atomic E-state index is 0.0810. The van der Waals surface area contributed by atoms with E-state index in [1.165, 1.54) is 54.1 Å². The SMILES string of the molecule is COCc1c(C(=O)Nc2nc(-c3ccc(CNC(C)=O)s3)cs2)sc2cccc(F)c12. The molecule has 4 aromatic rings. The van der Waals surface area contributed by atoms with Crippen molar-refractivity contribution in [3.63, 3.8) is 0 Å². The normalized spacial score (nSPS) is 11.1. The van der Waals surface area contributed by atoms with Crippen LogP contribution in [-0.4, -0.2) is 23.9 Å². The van der Waals surface area contributed by atoms with Crippen molar-refractivity contribution in [2.24, 2.45) is 0 Å². The Morgan fingerprint density at radius 2 is 2.03 bits per heavy atom. The van der Waals surface area contributed by atoms with E-state index in [2.05, 4.69) is 15.6 Å². The van der Waals surface area contributed by atoms with Crippen LogP contribution in [0.3, 0.4) is 0 Å². The van der Waals surface area contributed by atoms with Gasteiger partial charge in [0.15, 0.2) is 5.13 Å². The number of aromatic nitrogens is 1. The van der Waals surface area contributed by atoms with Crippen LogP contribution in [0.4, 0.5) is 9.52 Å². The number of benzene rings is 1. The highest BCUT2D eigenvalue weighted by atomic mass is 32.1. The van der Waals surface area contributed by atoms with Crippen molar-refractivity contribution in [1.29, 1.82) is 0 Å². The van der Waals surface area contributed by atoms with E-state index in [0.717, 1.165) is 15.4 Å². The third-order valence-electron chi connectivity index (χ3n) is 4.41. The fraction of sp³-hybridized carbons (Fsp3) is 0.190. The van der Waals surface area contributed by atoms with Gasteiger partial charge in [0.25, 0.3) is 5.91 Å². The van der Waals surface area contributed by atoms with Crippen LogP contribution in [-0.2, 0) is 22.7 Å². The molecule has 0 atom stereocenters. The summed E-state index contributed by atoms with van der Waals surface area (Å²) < 4.78 is 20.3. The first kappa shape index (κ1) is 21.6. The van der Waals surface area contributed by atoms with Gasteiger partial charge in [-0.25, -0.2) is 9.37 Å². The molecule has 31 heavy (non-hydrogen) atoms. The van der Waals surface area contributed by atoms with Crippen LogP contribution in [0.5, 0.6) is 0 Å². The molecule has 0 radical (unpaired) electrons. The van der Waals surface area contributed by atoms with Gasteiger partial charge in [-0.15, -0.1) is 34.0 Å². The Labute approximate surface area is 189 Å². The molecule has 0 unspecified atom stereocenters. The van der Waals surface area contributed by atoms with Crippen LogP contribution >= 0.6 is 34.0 Å². The lowest BCUT2D eigenvalue weighted by atomic mass is 10.1. The van der Waals surface area contributed by atoms with Crippen molar-refractivity contribution in [2.75, 3.05) is 12.4 Å². The molecular weight excluding hydrogens is 457 g/mol. The molecule has 3 aromatic heterocycles. The molecule has 4 rings (SSSR count). The first-order valence-electron chi connectivity index (χ1n) is 9.25. The number of halogens is 1. The van der Waals surface area contributed by atoms with Crippen LogP contribution in [0.1, 0.15) is 27.0 Å². The predicted molar refractivity (Wildman–Crippen MR) is 123 cm³/mol. The third-order valence-corrected chi connectivity index (χ3v) is 7.47. The van der Waals surface area contributed by atoms with Crippen LogP contribution in [0.15, 0.2) is 35.7 Å². The summed E-state index contributed by atoms with van der Waals surface area (Å²) in [6, 6.07) is 8.67. The predicted octanol–water partition coefficient (Wildman–Crippen LogP) is 5.26. The molecule has 2 N–H and O–H groups in total. The van der Waals surface area contributed by atoms with Gasteiger partial charge in [-0.2, -0.15) is 0 Å². The Morgan fingerprint density at radius 1 is 1.19 bits per heavy atom. The number of rotatable bonds is 7. The summed E-state index contributed by atoms with van der Waals surface area (Å²) in [5, 5.41) is 8.33. The number of thiophene rings is 2. The summed E-state index contributed by atoms with van der Waals surface area (Å²) in [5.41, 5.74) is 1.29. The van der Waals surface area contributed by atoms with Gasteiger partial charge in [-0.05, 0) is 24.3 Å². The number of nitrogens with one attached hydrogen (secondary N) is 2. The van der Waals surface area contributed by atoms with Gasteiger partial charge in [0, 0.05) is 39.9 Å². The van der Waals surface area contributed by atoms with Gasteiger partial charge in [0.1, 0.15) is 5.82 Å². The largest absolute Gasteiger partial charge is 0.380 e. The quantitative estimate of drug-likeness (QED) is 0.382.